The van der Waals surface area contributed by atoms with E-state index in [4.69, 9.17) is 9.84 Å². The number of non-ortho nitro benzene ring substituents is 1. The Labute approximate surface area is 199 Å². The number of nitrogens with zero attached hydrogens (tertiary/aromatic N) is 2. The molecule has 34 heavy (non-hydrogen) atoms. The Morgan fingerprint density at radius 2 is 2.12 bits per heavy atom. The monoisotopic (exact) mass is 481 g/mol. The SMILES string of the molecule is Cc1sc(NC(=O)c2cccc([N+](=O)[O-])c2)nc1CCOc1ccc2c(c1)CC[C@H]2CC(=O)O. The summed E-state index contributed by atoms with van der Waals surface area (Å²) in [5, 5.41) is 23.1. The van der Waals surface area contributed by atoms with Crippen LogP contribution in [-0.2, 0) is 17.6 Å². The molecule has 1 aliphatic rings. The van der Waals surface area contributed by atoms with E-state index in [9.17, 15) is 19.7 Å². The minimum Gasteiger partial charge on any atom is -0.493 e. The molecule has 1 aromatic heterocycles. The second-order valence-corrected chi connectivity index (χ2v) is 9.28. The van der Waals surface area contributed by atoms with Gasteiger partial charge in [0.1, 0.15) is 5.75 Å². The first kappa shape index (κ1) is 23.4. The van der Waals surface area contributed by atoms with Crippen molar-refractivity contribution in [1.82, 2.24) is 4.98 Å². The molecule has 0 aliphatic heterocycles. The number of carbonyl (C=O) groups excluding carboxylic acids is 1. The van der Waals surface area contributed by atoms with Crippen LogP contribution in [0.3, 0.4) is 0 Å². The summed E-state index contributed by atoms with van der Waals surface area (Å²) in [5.74, 6) is -0.436. The third-order valence-electron chi connectivity index (χ3n) is 5.78. The summed E-state index contributed by atoms with van der Waals surface area (Å²) in [6, 6.07) is 11.4. The number of ether oxygens (including phenoxy) is 1. The van der Waals surface area contributed by atoms with Crippen molar-refractivity contribution in [2.75, 3.05) is 11.9 Å². The Morgan fingerprint density at radius 3 is 2.88 bits per heavy atom. The van der Waals surface area contributed by atoms with Gasteiger partial charge in [0.2, 0.25) is 0 Å². The molecule has 2 aromatic carbocycles. The van der Waals surface area contributed by atoms with Crippen molar-refractivity contribution < 1.29 is 24.4 Å². The van der Waals surface area contributed by atoms with E-state index in [1.807, 2.05) is 25.1 Å². The van der Waals surface area contributed by atoms with Gasteiger partial charge in [0.15, 0.2) is 5.13 Å². The van der Waals surface area contributed by atoms with E-state index >= 15 is 0 Å². The highest BCUT2D eigenvalue weighted by Crippen LogP contribution is 2.37. The number of aliphatic carboxylic acids is 1. The number of thiazole rings is 1. The first-order valence-corrected chi connectivity index (χ1v) is 11.6. The zero-order valence-corrected chi connectivity index (χ0v) is 19.3. The lowest BCUT2D eigenvalue weighted by Gasteiger charge is -2.10. The molecule has 0 radical (unpaired) electrons. The van der Waals surface area contributed by atoms with Crippen molar-refractivity contribution in [3.05, 3.63) is 79.8 Å². The van der Waals surface area contributed by atoms with Crippen LogP contribution in [0.25, 0.3) is 0 Å². The number of carboxylic acids is 1. The number of nitrogens with one attached hydrogen (secondary N) is 1. The summed E-state index contributed by atoms with van der Waals surface area (Å²) >= 11 is 1.33. The fourth-order valence-corrected chi connectivity index (χ4v) is 4.96. The van der Waals surface area contributed by atoms with Crippen LogP contribution >= 0.6 is 11.3 Å². The van der Waals surface area contributed by atoms with Crippen molar-refractivity contribution in [2.45, 2.75) is 38.5 Å². The van der Waals surface area contributed by atoms with E-state index in [1.165, 1.54) is 35.6 Å². The number of aromatic nitrogens is 1. The molecule has 0 unspecified atom stereocenters. The Morgan fingerprint density at radius 1 is 1.29 bits per heavy atom. The summed E-state index contributed by atoms with van der Waals surface area (Å²) in [6.07, 6.45) is 2.39. The zero-order valence-electron chi connectivity index (χ0n) is 18.4. The fraction of sp³-hybridized carbons (Fsp3) is 0.292. The summed E-state index contributed by atoms with van der Waals surface area (Å²) in [4.78, 5) is 39.3. The van der Waals surface area contributed by atoms with Gasteiger partial charge in [-0.1, -0.05) is 12.1 Å². The van der Waals surface area contributed by atoms with Crippen LogP contribution in [0.15, 0.2) is 42.5 Å². The van der Waals surface area contributed by atoms with Gasteiger partial charge in [0, 0.05) is 29.0 Å². The molecular formula is C24H23N3O6S. The van der Waals surface area contributed by atoms with Gasteiger partial charge < -0.3 is 9.84 Å². The van der Waals surface area contributed by atoms with Crippen LogP contribution in [0.5, 0.6) is 5.75 Å². The quantitative estimate of drug-likeness (QED) is 0.333. The largest absolute Gasteiger partial charge is 0.493 e. The number of nitro groups is 1. The first-order chi connectivity index (χ1) is 16.3. The number of hydrogen-bond donors (Lipinski definition) is 2. The Hall–Kier alpha value is -3.79. The van der Waals surface area contributed by atoms with Gasteiger partial charge >= 0.3 is 5.97 Å². The Bertz CT molecular complexity index is 1260. The standard InChI is InChI=1S/C24H23N3O6S/c1-14-21(25-24(34-14)26-23(30)17-3-2-4-18(11-17)27(31)32)9-10-33-19-7-8-20-15(12-19)5-6-16(20)13-22(28)29/h2-4,7-8,11-12,16H,5-6,9-10,13H2,1H3,(H,28,29)(H,25,26,30)/t16-/m0/s1. The lowest BCUT2D eigenvalue weighted by molar-refractivity contribution is -0.384. The van der Waals surface area contributed by atoms with E-state index < -0.39 is 16.8 Å². The van der Waals surface area contributed by atoms with Crippen molar-refractivity contribution in [1.29, 1.82) is 0 Å². The molecule has 9 nitrogen and oxygen atoms in total. The highest BCUT2D eigenvalue weighted by atomic mass is 32.1. The van der Waals surface area contributed by atoms with Crippen LogP contribution in [0, 0.1) is 17.0 Å². The molecular weight excluding hydrogens is 458 g/mol. The van der Waals surface area contributed by atoms with E-state index in [0.717, 1.165) is 40.3 Å². The van der Waals surface area contributed by atoms with Crippen LogP contribution in [0.2, 0.25) is 0 Å². The van der Waals surface area contributed by atoms with Crippen molar-refractivity contribution >= 4 is 34.0 Å². The van der Waals surface area contributed by atoms with Crippen LogP contribution in [-0.4, -0.2) is 33.5 Å². The predicted molar refractivity (Wildman–Crippen MR) is 127 cm³/mol. The predicted octanol–water partition coefficient (Wildman–Crippen LogP) is 4.74. The number of hydrogen-bond acceptors (Lipinski definition) is 7. The number of carboxylic acid groups (broad SMARTS) is 1. The normalized spacial score (nSPS) is 14.4. The number of carbonyl (C=O) groups is 2. The molecule has 2 N–H and O–H groups in total. The van der Waals surface area contributed by atoms with Gasteiger partial charge in [-0.15, -0.1) is 11.3 Å². The molecule has 1 aliphatic carbocycles. The highest BCUT2D eigenvalue weighted by molar-refractivity contribution is 7.15. The molecule has 0 spiro atoms. The van der Waals surface area contributed by atoms with Crippen molar-refractivity contribution in [3.63, 3.8) is 0 Å². The minimum atomic E-state index is -0.780. The van der Waals surface area contributed by atoms with Gasteiger partial charge in [0.25, 0.3) is 11.6 Å². The van der Waals surface area contributed by atoms with Crippen molar-refractivity contribution in [2.24, 2.45) is 0 Å². The number of amides is 1. The van der Waals surface area contributed by atoms with E-state index in [0.29, 0.717) is 18.2 Å². The van der Waals surface area contributed by atoms with Gasteiger partial charge in [-0.05, 0) is 55.0 Å². The van der Waals surface area contributed by atoms with E-state index in [-0.39, 0.29) is 23.6 Å². The van der Waals surface area contributed by atoms with Crippen LogP contribution < -0.4 is 10.1 Å². The second-order valence-electron chi connectivity index (χ2n) is 8.08. The maximum Gasteiger partial charge on any atom is 0.303 e. The van der Waals surface area contributed by atoms with Crippen LogP contribution in [0.4, 0.5) is 10.8 Å². The van der Waals surface area contributed by atoms with Gasteiger partial charge in [-0.25, -0.2) is 4.98 Å². The van der Waals surface area contributed by atoms with Crippen LogP contribution in [0.1, 0.15) is 50.8 Å². The van der Waals surface area contributed by atoms with Gasteiger partial charge in [0.05, 0.1) is 23.6 Å². The number of benzene rings is 2. The summed E-state index contributed by atoms with van der Waals surface area (Å²) in [5.41, 5.74) is 3.08. The second kappa shape index (κ2) is 10.0. The molecule has 0 fully saturated rings. The third kappa shape index (κ3) is 5.40. The number of anilines is 1. The molecule has 0 bridgehead atoms. The number of aryl methyl sites for hydroxylation is 2. The van der Waals surface area contributed by atoms with Crippen molar-refractivity contribution in [3.8, 4) is 5.75 Å². The summed E-state index contributed by atoms with van der Waals surface area (Å²) < 4.78 is 5.90. The van der Waals surface area contributed by atoms with E-state index in [2.05, 4.69) is 10.3 Å². The lowest BCUT2D eigenvalue weighted by atomic mass is 9.98. The molecule has 176 valence electrons. The zero-order chi connectivity index (χ0) is 24.2. The summed E-state index contributed by atoms with van der Waals surface area (Å²) in [6.45, 7) is 2.31. The molecule has 1 amide bonds. The molecule has 0 saturated heterocycles. The Balaban J connectivity index is 1.33. The number of fused-ring (bicyclic) bond motifs is 1. The number of nitro benzene ring substituents is 1. The third-order valence-corrected chi connectivity index (χ3v) is 6.71. The fourth-order valence-electron chi connectivity index (χ4n) is 4.10. The maximum atomic E-state index is 12.5. The summed E-state index contributed by atoms with van der Waals surface area (Å²) in [7, 11) is 0. The molecule has 4 rings (SSSR count). The molecule has 0 saturated carbocycles. The topological polar surface area (TPSA) is 132 Å². The molecule has 1 heterocycles. The van der Waals surface area contributed by atoms with Gasteiger partial charge in [-0.2, -0.15) is 0 Å². The average molecular weight is 482 g/mol. The Kier molecular flexibility index (Phi) is 6.87. The number of rotatable bonds is 9. The molecule has 3 aromatic rings. The minimum absolute atomic E-state index is 0.0647. The first-order valence-electron chi connectivity index (χ1n) is 10.8. The van der Waals surface area contributed by atoms with E-state index in [1.54, 1.807) is 0 Å². The molecule has 1 atom stereocenters. The highest BCUT2D eigenvalue weighted by Gasteiger charge is 2.25. The lowest BCUT2D eigenvalue weighted by Crippen LogP contribution is -2.12. The average Bonchev–Trinajstić information content (AvgIpc) is 3.35. The molecule has 10 heteroatoms. The maximum absolute atomic E-state index is 12.5. The van der Waals surface area contributed by atoms with Gasteiger partial charge in [-0.3, -0.25) is 25.0 Å². The smallest absolute Gasteiger partial charge is 0.303 e.